The van der Waals surface area contributed by atoms with Crippen molar-refractivity contribution in [2.75, 3.05) is 37.8 Å². The summed E-state index contributed by atoms with van der Waals surface area (Å²) in [6.07, 6.45) is 3.19. The zero-order valence-electron chi connectivity index (χ0n) is 18.0. The third kappa shape index (κ3) is 5.15. The average Bonchev–Trinajstić information content (AvgIpc) is 3.32. The van der Waals surface area contributed by atoms with Gasteiger partial charge in [0.15, 0.2) is 5.78 Å². The maximum Gasteiger partial charge on any atom is 0.338 e. The Labute approximate surface area is 187 Å². The van der Waals surface area contributed by atoms with Gasteiger partial charge >= 0.3 is 5.97 Å². The second kappa shape index (κ2) is 10.1. The molecule has 0 unspecified atom stereocenters. The predicted molar refractivity (Wildman–Crippen MR) is 123 cm³/mol. The number of allylic oxidation sites excluding steroid dienone is 1. The summed E-state index contributed by atoms with van der Waals surface area (Å²) < 4.78 is 16.2. The van der Waals surface area contributed by atoms with Crippen LogP contribution in [0.4, 0.5) is 5.69 Å². The summed E-state index contributed by atoms with van der Waals surface area (Å²) in [6, 6.07) is 18.3. The van der Waals surface area contributed by atoms with E-state index < -0.39 is 0 Å². The van der Waals surface area contributed by atoms with Crippen molar-refractivity contribution in [1.29, 1.82) is 0 Å². The molecule has 6 heteroatoms. The first-order chi connectivity index (χ1) is 15.6. The maximum atomic E-state index is 12.7. The number of rotatable bonds is 7. The zero-order valence-corrected chi connectivity index (χ0v) is 18.0. The van der Waals surface area contributed by atoms with Crippen molar-refractivity contribution in [3.8, 4) is 11.3 Å². The van der Waals surface area contributed by atoms with Crippen LogP contribution in [0.5, 0.6) is 0 Å². The van der Waals surface area contributed by atoms with Crippen molar-refractivity contribution in [1.82, 2.24) is 0 Å². The van der Waals surface area contributed by atoms with Crippen LogP contribution >= 0.6 is 0 Å². The molecule has 164 valence electrons. The molecule has 1 aromatic heterocycles. The van der Waals surface area contributed by atoms with E-state index in [0.717, 1.165) is 24.3 Å². The summed E-state index contributed by atoms with van der Waals surface area (Å²) in [5, 5.41) is 0. The smallest absolute Gasteiger partial charge is 0.338 e. The van der Waals surface area contributed by atoms with Gasteiger partial charge in [-0.3, -0.25) is 4.79 Å². The monoisotopic (exact) mass is 431 g/mol. The molecule has 0 amide bonds. The topological polar surface area (TPSA) is 69.0 Å². The van der Waals surface area contributed by atoms with Crippen LogP contribution in [0.3, 0.4) is 0 Å². The van der Waals surface area contributed by atoms with Gasteiger partial charge in [-0.25, -0.2) is 4.79 Å². The van der Waals surface area contributed by atoms with E-state index in [1.165, 1.54) is 6.08 Å². The third-order valence-corrected chi connectivity index (χ3v) is 5.21. The Morgan fingerprint density at radius 3 is 2.53 bits per heavy atom. The minimum Gasteiger partial charge on any atom is -0.462 e. The third-order valence-electron chi connectivity index (χ3n) is 5.21. The SMILES string of the molecule is CCOC(=O)c1ccc(-c2ccc(/C=C/C(=O)c3cccc(N4CCOCC4)c3)o2)cc1. The number of carbonyl (C=O) groups excluding carboxylic acids is 2. The lowest BCUT2D eigenvalue weighted by atomic mass is 10.1. The number of hydrogen-bond donors (Lipinski definition) is 0. The zero-order chi connectivity index (χ0) is 22.3. The summed E-state index contributed by atoms with van der Waals surface area (Å²) in [5.74, 6) is 0.796. The Morgan fingerprint density at radius 1 is 1.00 bits per heavy atom. The van der Waals surface area contributed by atoms with Gasteiger partial charge in [0.05, 0.1) is 25.4 Å². The Balaban J connectivity index is 1.42. The summed E-state index contributed by atoms with van der Waals surface area (Å²) in [6.45, 7) is 5.15. The van der Waals surface area contributed by atoms with Crippen molar-refractivity contribution in [3.05, 3.63) is 83.6 Å². The number of benzene rings is 2. The molecule has 6 nitrogen and oxygen atoms in total. The quantitative estimate of drug-likeness (QED) is 0.302. The fourth-order valence-corrected chi connectivity index (χ4v) is 3.51. The lowest BCUT2D eigenvalue weighted by Crippen LogP contribution is -2.36. The van der Waals surface area contributed by atoms with E-state index in [9.17, 15) is 9.59 Å². The average molecular weight is 431 g/mol. The van der Waals surface area contributed by atoms with Crippen LogP contribution in [-0.2, 0) is 9.47 Å². The first-order valence-corrected chi connectivity index (χ1v) is 10.7. The molecule has 0 bridgehead atoms. The van der Waals surface area contributed by atoms with Gasteiger partial charge in [0.25, 0.3) is 0 Å². The van der Waals surface area contributed by atoms with Crippen molar-refractivity contribution in [3.63, 3.8) is 0 Å². The van der Waals surface area contributed by atoms with Gasteiger partial charge < -0.3 is 18.8 Å². The number of carbonyl (C=O) groups is 2. The number of anilines is 1. The van der Waals surface area contributed by atoms with Crippen LogP contribution in [0.2, 0.25) is 0 Å². The fourth-order valence-electron chi connectivity index (χ4n) is 3.51. The standard InChI is InChI=1S/C26H25NO5/c1-2-31-26(29)20-8-6-19(7-9-20)25-13-11-23(32-25)10-12-24(28)21-4-3-5-22(18-21)27-14-16-30-17-15-27/h3-13,18H,2,14-17H2,1H3/b12-10+. The molecule has 2 aromatic carbocycles. The van der Waals surface area contributed by atoms with Crippen LogP contribution < -0.4 is 4.90 Å². The number of ether oxygens (including phenoxy) is 2. The molecule has 0 N–H and O–H groups in total. The predicted octanol–water partition coefficient (Wildman–Crippen LogP) is 4.86. The highest BCUT2D eigenvalue weighted by Crippen LogP contribution is 2.24. The summed E-state index contributed by atoms with van der Waals surface area (Å²) in [5.41, 5.74) is 2.99. The Kier molecular flexibility index (Phi) is 6.82. The molecule has 3 aromatic rings. The van der Waals surface area contributed by atoms with E-state index >= 15 is 0 Å². The van der Waals surface area contributed by atoms with Crippen molar-refractivity contribution in [2.45, 2.75) is 6.92 Å². The Hall–Kier alpha value is -3.64. The summed E-state index contributed by atoms with van der Waals surface area (Å²) >= 11 is 0. The van der Waals surface area contributed by atoms with Gasteiger partial charge in [-0.2, -0.15) is 0 Å². The highest BCUT2D eigenvalue weighted by atomic mass is 16.5. The van der Waals surface area contributed by atoms with Crippen LogP contribution in [0, 0.1) is 0 Å². The molecule has 1 fully saturated rings. The normalized spacial score (nSPS) is 14.0. The minimum absolute atomic E-state index is 0.0863. The first kappa shape index (κ1) is 21.6. The largest absolute Gasteiger partial charge is 0.462 e. The van der Waals surface area contributed by atoms with Gasteiger partial charge in [0, 0.05) is 29.9 Å². The Morgan fingerprint density at radius 2 is 1.78 bits per heavy atom. The van der Waals surface area contributed by atoms with Gasteiger partial charge in [-0.05, 0) is 55.5 Å². The minimum atomic E-state index is -0.349. The van der Waals surface area contributed by atoms with Crippen molar-refractivity contribution < 1.29 is 23.5 Å². The van der Waals surface area contributed by atoms with Gasteiger partial charge in [-0.15, -0.1) is 0 Å². The Bertz CT molecular complexity index is 1110. The van der Waals surface area contributed by atoms with Crippen molar-refractivity contribution in [2.24, 2.45) is 0 Å². The highest BCUT2D eigenvalue weighted by molar-refractivity contribution is 6.07. The molecule has 0 saturated carbocycles. The van der Waals surface area contributed by atoms with Crippen molar-refractivity contribution >= 4 is 23.5 Å². The van der Waals surface area contributed by atoms with Crippen LogP contribution in [0.1, 0.15) is 33.4 Å². The highest BCUT2D eigenvalue weighted by Gasteiger charge is 2.13. The molecule has 0 radical (unpaired) electrons. The lowest BCUT2D eigenvalue weighted by Gasteiger charge is -2.29. The van der Waals surface area contributed by atoms with E-state index in [2.05, 4.69) is 4.90 Å². The second-order valence-electron chi connectivity index (χ2n) is 7.35. The molecular weight excluding hydrogens is 406 g/mol. The molecule has 0 aliphatic carbocycles. The van der Waals surface area contributed by atoms with Gasteiger partial charge in [0.2, 0.25) is 0 Å². The number of ketones is 1. The van der Waals surface area contributed by atoms with E-state index in [1.54, 1.807) is 37.3 Å². The second-order valence-corrected chi connectivity index (χ2v) is 7.35. The van der Waals surface area contributed by atoms with Gasteiger partial charge in [0.1, 0.15) is 11.5 Å². The number of furan rings is 1. The summed E-state index contributed by atoms with van der Waals surface area (Å²) in [4.78, 5) is 26.7. The van der Waals surface area contributed by atoms with Crippen LogP contribution in [0.15, 0.2) is 71.2 Å². The molecule has 32 heavy (non-hydrogen) atoms. The molecule has 4 rings (SSSR count). The van der Waals surface area contributed by atoms with Gasteiger partial charge in [-0.1, -0.05) is 24.3 Å². The maximum absolute atomic E-state index is 12.7. The first-order valence-electron chi connectivity index (χ1n) is 10.7. The lowest BCUT2D eigenvalue weighted by molar-refractivity contribution is 0.0526. The van der Waals surface area contributed by atoms with E-state index in [4.69, 9.17) is 13.9 Å². The van der Waals surface area contributed by atoms with E-state index in [1.807, 2.05) is 36.4 Å². The molecule has 1 aliphatic heterocycles. The molecule has 1 aliphatic rings. The molecule has 0 spiro atoms. The van der Waals surface area contributed by atoms with E-state index in [-0.39, 0.29) is 11.8 Å². The van der Waals surface area contributed by atoms with E-state index in [0.29, 0.717) is 42.5 Å². The number of nitrogens with zero attached hydrogens (tertiary/aromatic N) is 1. The van der Waals surface area contributed by atoms with Crippen LogP contribution in [-0.4, -0.2) is 44.7 Å². The molecule has 0 atom stereocenters. The van der Waals surface area contributed by atoms with Crippen LogP contribution in [0.25, 0.3) is 17.4 Å². The molecule has 1 saturated heterocycles. The molecular formula is C26H25NO5. The number of hydrogen-bond acceptors (Lipinski definition) is 6. The number of morpholine rings is 1. The fraction of sp³-hybridized carbons (Fsp3) is 0.231. The molecule has 2 heterocycles. The summed E-state index contributed by atoms with van der Waals surface area (Å²) in [7, 11) is 0. The number of esters is 1.